The van der Waals surface area contributed by atoms with Crippen molar-refractivity contribution in [2.75, 3.05) is 5.32 Å². The van der Waals surface area contributed by atoms with Gasteiger partial charge in [0.25, 0.3) is 0 Å². The van der Waals surface area contributed by atoms with Gasteiger partial charge in [0.2, 0.25) is 5.91 Å². The summed E-state index contributed by atoms with van der Waals surface area (Å²) in [4.78, 5) is 23.5. The molecule has 1 fully saturated rings. The molecule has 2 rings (SSSR count). The van der Waals surface area contributed by atoms with Crippen LogP contribution in [0.1, 0.15) is 31.2 Å². The molecule has 2 N–H and O–H groups in total. The van der Waals surface area contributed by atoms with E-state index in [4.69, 9.17) is 11.6 Å². The Labute approximate surface area is 123 Å². The lowest BCUT2D eigenvalue weighted by molar-refractivity contribution is -0.147. The third-order valence-electron chi connectivity index (χ3n) is 3.86. The van der Waals surface area contributed by atoms with Gasteiger partial charge in [0.1, 0.15) is 0 Å². The molecule has 0 bridgehead atoms. The van der Waals surface area contributed by atoms with Crippen LogP contribution in [0.4, 0.5) is 5.69 Å². The molecule has 4 nitrogen and oxygen atoms in total. The van der Waals surface area contributed by atoms with Gasteiger partial charge in [-0.3, -0.25) is 9.59 Å². The fourth-order valence-corrected chi connectivity index (χ4v) is 2.83. The molecular weight excluding hydrogens is 278 g/mol. The lowest BCUT2D eigenvalue weighted by Gasteiger charge is -2.27. The molecule has 1 aromatic carbocycles. The van der Waals surface area contributed by atoms with Crippen LogP contribution < -0.4 is 5.32 Å². The van der Waals surface area contributed by atoms with E-state index < -0.39 is 17.8 Å². The quantitative estimate of drug-likeness (QED) is 0.897. The number of amides is 1. The first-order chi connectivity index (χ1) is 9.49. The molecule has 0 saturated heterocycles. The molecule has 0 radical (unpaired) electrons. The van der Waals surface area contributed by atoms with E-state index in [1.165, 1.54) is 0 Å². The first-order valence-corrected chi connectivity index (χ1v) is 7.16. The number of carboxylic acids is 1. The molecule has 0 aliphatic heterocycles. The number of anilines is 1. The van der Waals surface area contributed by atoms with Crippen LogP contribution in [0.5, 0.6) is 0 Å². The van der Waals surface area contributed by atoms with Gasteiger partial charge in [-0.2, -0.15) is 0 Å². The predicted molar refractivity (Wildman–Crippen MR) is 77.9 cm³/mol. The van der Waals surface area contributed by atoms with Gasteiger partial charge in [-0.05, 0) is 37.5 Å². The topological polar surface area (TPSA) is 66.4 Å². The highest BCUT2D eigenvalue weighted by Gasteiger charge is 2.35. The molecule has 1 amide bonds. The van der Waals surface area contributed by atoms with E-state index in [-0.39, 0.29) is 5.91 Å². The highest BCUT2D eigenvalue weighted by molar-refractivity contribution is 6.31. The number of benzene rings is 1. The smallest absolute Gasteiger partial charge is 0.307 e. The lowest BCUT2D eigenvalue weighted by atomic mass is 9.78. The van der Waals surface area contributed by atoms with E-state index in [9.17, 15) is 14.7 Å². The van der Waals surface area contributed by atoms with E-state index in [1.54, 1.807) is 12.1 Å². The van der Waals surface area contributed by atoms with Gasteiger partial charge in [0.15, 0.2) is 0 Å². The van der Waals surface area contributed by atoms with Crippen LogP contribution in [0.25, 0.3) is 0 Å². The van der Waals surface area contributed by atoms with Crippen LogP contribution in [-0.2, 0) is 9.59 Å². The molecule has 0 unspecified atom stereocenters. The number of carbonyl (C=O) groups is 2. The Morgan fingerprint density at radius 1 is 1.25 bits per heavy atom. The second kappa shape index (κ2) is 6.27. The molecule has 1 saturated carbocycles. The van der Waals surface area contributed by atoms with E-state index >= 15 is 0 Å². The van der Waals surface area contributed by atoms with Gasteiger partial charge < -0.3 is 10.4 Å². The maximum Gasteiger partial charge on any atom is 0.307 e. The lowest BCUT2D eigenvalue weighted by Crippen LogP contribution is -2.36. The third-order valence-corrected chi connectivity index (χ3v) is 4.27. The maximum absolute atomic E-state index is 12.3. The van der Waals surface area contributed by atoms with Gasteiger partial charge in [-0.25, -0.2) is 0 Å². The van der Waals surface area contributed by atoms with Crippen molar-refractivity contribution >= 4 is 29.2 Å². The van der Waals surface area contributed by atoms with Gasteiger partial charge >= 0.3 is 5.97 Å². The Bertz CT molecular complexity index is 530. The molecule has 0 spiro atoms. The Kier molecular flexibility index (Phi) is 4.65. The van der Waals surface area contributed by atoms with E-state index in [2.05, 4.69) is 5.32 Å². The second-order valence-corrected chi connectivity index (χ2v) is 5.70. The molecule has 1 aliphatic rings. The van der Waals surface area contributed by atoms with Crippen molar-refractivity contribution < 1.29 is 14.7 Å². The molecule has 1 aliphatic carbocycles. The standard InChI is InChI=1S/C15H18ClNO3/c1-9-6-7-10(8-13(9)16)17-14(18)11-4-2-3-5-12(11)15(19)20/h6-8,11-12H,2-5H2,1H3,(H,17,18)(H,19,20)/t11-,12-/m0/s1. The summed E-state index contributed by atoms with van der Waals surface area (Å²) < 4.78 is 0. The second-order valence-electron chi connectivity index (χ2n) is 5.29. The number of hydrogen-bond donors (Lipinski definition) is 2. The first kappa shape index (κ1) is 14.9. The monoisotopic (exact) mass is 295 g/mol. The summed E-state index contributed by atoms with van der Waals surface area (Å²) in [5.41, 5.74) is 1.55. The number of aryl methyl sites for hydroxylation is 1. The summed E-state index contributed by atoms with van der Waals surface area (Å²) in [6.45, 7) is 1.88. The van der Waals surface area contributed by atoms with Crippen LogP contribution in [0.2, 0.25) is 5.02 Å². The van der Waals surface area contributed by atoms with Crippen LogP contribution in [0.15, 0.2) is 18.2 Å². The fourth-order valence-electron chi connectivity index (χ4n) is 2.65. The average Bonchev–Trinajstić information content (AvgIpc) is 2.43. The zero-order valence-electron chi connectivity index (χ0n) is 11.4. The van der Waals surface area contributed by atoms with Gasteiger partial charge in [0.05, 0.1) is 11.8 Å². The van der Waals surface area contributed by atoms with Crippen molar-refractivity contribution in [3.05, 3.63) is 28.8 Å². The summed E-state index contributed by atoms with van der Waals surface area (Å²) in [6.07, 6.45) is 2.97. The first-order valence-electron chi connectivity index (χ1n) is 6.79. The minimum atomic E-state index is -0.883. The maximum atomic E-state index is 12.3. The fraction of sp³-hybridized carbons (Fsp3) is 0.467. The normalized spacial score (nSPS) is 22.3. The van der Waals surface area contributed by atoms with Crippen molar-refractivity contribution in [1.82, 2.24) is 0 Å². The predicted octanol–water partition coefficient (Wildman–Crippen LogP) is 3.48. The zero-order chi connectivity index (χ0) is 14.7. The summed E-state index contributed by atoms with van der Waals surface area (Å²) in [7, 11) is 0. The molecule has 2 atom stereocenters. The van der Waals surface area contributed by atoms with Crippen LogP contribution in [0.3, 0.4) is 0 Å². The summed E-state index contributed by atoms with van der Waals surface area (Å²) in [6, 6.07) is 5.29. The molecule has 108 valence electrons. The SMILES string of the molecule is Cc1ccc(NC(=O)[C@H]2CCCC[C@@H]2C(=O)O)cc1Cl. The average molecular weight is 296 g/mol. The Morgan fingerprint density at radius 3 is 2.50 bits per heavy atom. The number of aliphatic carboxylic acids is 1. The summed E-state index contributed by atoms with van der Waals surface area (Å²) in [5, 5.41) is 12.6. The van der Waals surface area contributed by atoms with Crippen LogP contribution >= 0.6 is 11.6 Å². The number of nitrogens with one attached hydrogen (secondary N) is 1. The third kappa shape index (κ3) is 3.31. The molecule has 1 aromatic rings. The van der Waals surface area contributed by atoms with Crippen molar-refractivity contribution in [3.63, 3.8) is 0 Å². The van der Waals surface area contributed by atoms with Gasteiger partial charge in [-0.15, -0.1) is 0 Å². The van der Waals surface area contributed by atoms with Crippen molar-refractivity contribution in [3.8, 4) is 0 Å². The van der Waals surface area contributed by atoms with E-state index in [0.29, 0.717) is 23.6 Å². The van der Waals surface area contributed by atoms with Gasteiger partial charge in [-0.1, -0.05) is 30.5 Å². The zero-order valence-corrected chi connectivity index (χ0v) is 12.1. The Morgan fingerprint density at radius 2 is 1.90 bits per heavy atom. The minimum absolute atomic E-state index is 0.225. The molecule has 0 aromatic heterocycles. The number of rotatable bonds is 3. The molecular formula is C15H18ClNO3. The van der Waals surface area contributed by atoms with Crippen molar-refractivity contribution in [1.29, 1.82) is 0 Å². The van der Waals surface area contributed by atoms with E-state index in [0.717, 1.165) is 18.4 Å². The van der Waals surface area contributed by atoms with Crippen LogP contribution in [0, 0.1) is 18.8 Å². The molecule has 20 heavy (non-hydrogen) atoms. The largest absolute Gasteiger partial charge is 0.481 e. The van der Waals surface area contributed by atoms with Crippen LogP contribution in [-0.4, -0.2) is 17.0 Å². The molecule has 0 heterocycles. The van der Waals surface area contributed by atoms with Crippen molar-refractivity contribution in [2.24, 2.45) is 11.8 Å². The van der Waals surface area contributed by atoms with Crippen molar-refractivity contribution in [2.45, 2.75) is 32.6 Å². The highest BCUT2D eigenvalue weighted by Crippen LogP contribution is 2.31. The number of carbonyl (C=O) groups excluding carboxylic acids is 1. The number of hydrogen-bond acceptors (Lipinski definition) is 2. The van der Waals surface area contributed by atoms with Gasteiger partial charge in [0, 0.05) is 10.7 Å². The highest BCUT2D eigenvalue weighted by atomic mass is 35.5. The minimum Gasteiger partial charge on any atom is -0.481 e. The summed E-state index contributed by atoms with van der Waals surface area (Å²) >= 11 is 6.02. The molecule has 5 heteroatoms. The number of carboxylic acid groups (broad SMARTS) is 1. The Hall–Kier alpha value is -1.55. The summed E-state index contributed by atoms with van der Waals surface area (Å²) in [5.74, 6) is -2.14. The van der Waals surface area contributed by atoms with E-state index in [1.807, 2.05) is 13.0 Å². The Balaban J connectivity index is 2.09. The number of halogens is 1.